The number of hydrogen-bond acceptors (Lipinski definition) is 3. The number of amides is 2. The summed E-state index contributed by atoms with van der Waals surface area (Å²) >= 11 is 0. The molecule has 1 aromatic heterocycles. The van der Waals surface area contributed by atoms with Gasteiger partial charge in [-0.2, -0.15) is 0 Å². The number of aromatic amines is 1. The first kappa shape index (κ1) is 17.8. The van der Waals surface area contributed by atoms with E-state index in [2.05, 4.69) is 44.6 Å². The van der Waals surface area contributed by atoms with Crippen molar-refractivity contribution in [3.05, 3.63) is 11.5 Å². The maximum absolute atomic E-state index is 12.8. The summed E-state index contributed by atoms with van der Waals surface area (Å²) in [6.07, 6.45) is 0.906. The fourth-order valence-electron chi connectivity index (χ4n) is 2.94. The van der Waals surface area contributed by atoms with E-state index < -0.39 is 0 Å². The van der Waals surface area contributed by atoms with Gasteiger partial charge in [-0.05, 0) is 12.3 Å². The predicted molar refractivity (Wildman–Crippen MR) is 94.8 cm³/mol. The van der Waals surface area contributed by atoms with Crippen molar-refractivity contribution in [3.63, 3.8) is 0 Å². The first-order valence-electron chi connectivity index (χ1n) is 8.21. The summed E-state index contributed by atoms with van der Waals surface area (Å²) in [6, 6.07) is 0.178. The van der Waals surface area contributed by atoms with E-state index in [1.54, 1.807) is 4.90 Å². The Balaban J connectivity index is 0.00000192. The fourth-order valence-corrected chi connectivity index (χ4v) is 2.94. The molecule has 1 N–H and O–H groups in total. The minimum Gasteiger partial charge on any atom is -0.337 e. The second kappa shape index (κ2) is 6.51. The van der Waals surface area contributed by atoms with E-state index in [1.165, 1.54) is 0 Å². The number of amidine groups is 1. The smallest absolute Gasteiger partial charge is 0.331 e. The van der Waals surface area contributed by atoms with Crippen molar-refractivity contribution in [2.75, 3.05) is 18.0 Å². The number of fused-ring (bicyclic) bond motifs is 3. The molecule has 23 heavy (non-hydrogen) atoms. The van der Waals surface area contributed by atoms with Gasteiger partial charge in [-0.1, -0.05) is 34.6 Å². The van der Waals surface area contributed by atoms with E-state index in [1.807, 2.05) is 4.90 Å². The number of aliphatic imine (C=N–C) groups is 1. The average molecular weight is 340 g/mol. The molecular formula is C16H26ClN5O. The third-order valence-corrected chi connectivity index (χ3v) is 4.32. The Morgan fingerprint density at radius 1 is 1.30 bits per heavy atom. The molecule has 2 amide bonds. The topological polar surface area (TPSA) is 64.6 Å². The van der Waals surface area contributed by atoms with Crippen LogP contribution in [0.3, 0.4) is 0 Å². The van der Waals surface area contributed by atoms with Gasteiger partial charge in [0, 0.05) is 12.5 Å². The zero-order valence-corrected chi connectivity index (χ0v) is 15.3. The Hall–Kier alpha value is -1.56. The lowest BCUT2D eigenvalue weighted by atomic mass is 10.1. The molecule has 0 radical (unpaired) electrons. The zero-order chi connectivity index (χ0) is 16.0. The van der Waals surface area contributed by atoms with Crippen LogP contribution in [0.25, 0.3) is 0 Å². The van der Waals surface area contributed by atoms with Gasteiger partial charge >= 0.3 is 6.03 Å². The van der Waals surface area contributed by atoms with Crippen LogP contribution >= 0.6 is 12.4 Å². The lowest BCUT2D eigenvalue weighted by Crippen LogP contribution is -2.50. The van der Waals surface area contributed by atoms with E-state index in [4.69, 9.17) is 4.99 Å². The van der Waals surface area contributed by atoms with Gasteiger partial charge in [-0.25, -0.2) is 9.78 Å². The molecule has 0 unspecified atom stereocenters. The summed E-state index contributed by atoms with van der Waals surface area (Å²) < 4.78 is 0. The Kier molecular flexibility index (Phi) is 5.04. The summed E-state index contributed by atoms with van der Waals surface area (Å²) in [5, 5.41) is 0. The number of H-pyrrole nitrogens is 1. The molecule has 3 rings (SSSR count). The molecule has 0 bridgehead atoms. The van der Waals surface area contributed by atoms with Gasteiger partial charge in [0.1, 0.15) is 11.5 Å². The number of nitrogens with one attached hydrogen (secondary N) is 1. The van der Waals surface area contributed by atoms with Crippen LogP contribution in [0.2, 0.25) is 0 Å². The largest absolute Gasteiger partial charge is 0.337 e. The molecule has 2 aliphatic heterocycles. The van der Waals surface area contributed by atoms with Crippen molar-refractivity contribution in [2.45, 2.75) is 53.0 Å². The number of aromatic nitrogens is 2. The number of urea groups is 1. The molecule has 0 saturated heterocycles. The highest BCUT2D eigenvalue weighted by Gasteiger charge is 2.42. The average Bonchev–Trinajstić information content (AvgIpc) is 3.07. The van der Waals surface area contributed by atoms with Crippen molar-refractivity contribution >= 4 is 30.1 Å². The van der Waals surface area contributed by atoms with Gasteiger partial charge in [0.15, 0.2) is 11.7 Å². The number of halogens is 1. The summed E-state index contributed by atoms with van der Waals surface area (Å²) in [7, 11) is 0. The Labute approximate surface area is 143 Å². The minimum absolute atomic E-state index is 0. The maximum Gasteiger partial charge on any atom is 0.331 e. The summed E-state index contributed by atoms with van der Waals surface area (Å²) in [5.41, 5.74) is 0.903. The second-order valence-electron chi connectivity index (χ2n) is 6.78. The number of nitrogens with zero attached hydrogens (tertiary/aromatic N) is 4. The molecule has 0 aromatic carbocycles. The lowest BCUT2D eigenvalue weighted by Gasteiger charge is -2.32. The van der Waals surface area contributed by atoms with Crippen LogP contribution in [0.4, 0.5) is 10.6 Å². The number of hydrogen-bond donors (Lipinski definition) is 1. The molecule has 128 valence electrons. The zero-order valence-electron chi connectivity index (χ0n) is 14.5. The van der Waals surface area contributed by atoms with E-state index >= 15 is 0 Å². The third-order valence-electron chi connectivity index (χ3n) is 4.32. The monoisotopic (exact) mass is 339 g/mol. The quantitative estimate of drug-likeness (QED) is 0.913. The summed E-state index contributed by atoms with van der Waals surface area (Å²) in [4.78, 5) is 29.3. The molecule has 7 heteroatoms. The number of anilines is 1. The van der Waals surface area contributed by atoms with E-state index in [0.29, 0.717) is 24.9 Å². The van der Waals surface area contributed by atoms with E-state index in [-0.39, 0.29) is 24.5 Å². The van der Waals surface area contributed by atoms with Crippen molar-refractivity contribution in [1.82, 2.24) is 14.9 Å². The molecule has 0 aliphatic carbocycles. The summed E-state index contributed by atoms with van der Waals surface area (Å²) in [6.45, 7) is 11.9. The van der Waals surface area contributed by atoms with E-state index in [9.17, 15) is 4.79 Å². The number of imidazole rings is 1. The molecule has 1 atom stereocenters. The highest BCUT2D eigenvalue weighted by Crippen LogP contribution is 2.33. The molecule has 6 nitrogen and oxygen atoms in total. The number of carbonyl (C=O) groups excluding carboxylic acids is 1. The van der Waals surface area contributed by atoms with Gasteiger partial charge in [0.25, 0.3) is 0 Å². The number of rotatable bonds is 4. The number of carbonyl (C=O) groups is 1. The van der Waals surface area contributed by atoms with E-state index in [0.717, 1.165) is 29.6 Å². The molecule has 3 heterocycles. The van der Waals surface area contributed by atoms with Gasteiger partial charge in [-0.3, -0.25) is 14.8 Å². The first-order chi connectivity index (χ1) is 10.4. The van der Waals surface area contributed by atoms with Crippen LogP contribution in [-0.2, 0) is 0 Å². The van der Waals surface area contributed by atoms with Crippen molar-refractivity contribution in [1.29, 1.82) is 0 Å². The minimum atomic E-state index is 0. The fraction of sp³-hybridized carbons (Fsp3) is 0.688. The molecule has 1 aromatic rings. The van der Waals surface area contributed by atoms with Crippen LogP contribution in [0.5, 0.6) is 0 Å². The Bertz CT molecular complexity index is 622. The van der Waals surface area contributed by atoms with Crippen LogP contribution in [0.1, 0.15) is 58.5 Å². The Morgan fingerprint density at radius 3 is 2.57 bits per heavy atom. The highest BCUT2D eigenvalue weighted by molar-refractivity contribution is 6.18. The predicted octanol–water partition coefficient (Wildman–Crippen LogP) is 3.39. The lowest BCUT2D eigenvalue weighted by molar-refractivity contribution is 0.225. The SMILES string of the molecule is CCCN1C(=O)N2C[C@H](C(C)C)N=C2c2[nH]c(C(C)C)nc21.Cl. The van der Waals surface area contributed by atoms with Crippen LogP contribution in [0.15, 0.2) is 4.99 Å². The van der Waals surface area contributed by atoms with Crippen molar-refractivity contribution < 1.29 is 4.79 Å². The van der Waals surface area contributed by atoms with Crippen molar-refractivity contribution in [2.24, 2.45) is 10.9 Å². The van der Waals surface area contributed by atoms with Gasteiger partial charge < -0.3 is 4.98 Å². The standard InChI is InChI=1S/C16H25N5O.ClH/c1-6-7-20-15-12(18-13(19-15)10(4)5)14-17-11(9(2)3)8-21(14)16(20)22;/h9-11H,6-8H2,1-5H3,(H,18,19);1H/t11-;/m1./s1. The van der Waals surface area contributed by atoms with Crippen molar-refractivity contribution in [3.8, 4) is 0 Å². The summed E-state index contributed by atoms with van der Waals surface area (Å²) in [5.74, 6) is 3.14. The third kappa shape index (κ3) is 2.84. The van der Waals surface area contributed by atoms with Gasteiger partial charge in [0.2, 0.25) is 0 Å². The first-order valence-corrected chi connectivity index (χ1v) is 8.21. The highest BCUT2D eigenvalue weighted by atomic mass is 35.5. The van der Waals surface area contributed by atoms with Gasteiger partial charge in [-0.15, -0.1) is 12.4 Å². The van der Waals surface area contributed by atoms with Crippen LogP contribution < -0.4 is 4.90 Å². The molecule has 2 aliphatic rings. The Morgan fingerprint density at radius 2 is 2.00 bits per heavy atom. The second-order valence-corrected chi connectivity index (χ2v) is 6.78. The molecule has 0 fully saturated rings. The molecule has 0 spiro atoms. The maximum atomic E-state index is 12.8. The van der Waals surface area contributed by atoms with Gasteiger partial charge in [0.05, 0.1) is 12.6 Å². The molecular weight excluding hydrogens is 314 g/mol. The normalized spacial score (nSPS) is 19.9. The van der Waals surface area contributed by atoms with Crippen LogP contribution in [0, 0.1) is 5.92 Å². The van der Waals surface area contributed by atoms with Crippen LogP contribution in [-0.4, -0.2) is 45.9 Å². The molecule has 0 saturated carbocycles.